The number of rotatable bonds is 3. The molecule has 0 aromatic heterocycles. The van der Waals surface area contributed by atoms with Gasteiger partial charge < -0.3 is 4.74 Å². The molecule has 22 heavy (non-hydrogen) atoms. The summed E-state index contributed by atoms with van der Waals surface area (Å²) >= 11 is 0. The number of ether oxygens (including phenoxy) is 1. The molecule has 3 aliphatic rings. The van der Waals surface area contributed by atoms with Gasteiger partial charge in [0.05, 0.1) is 5.92 Å². The molecule has 0 saturated heterocycles. The van der Waals surface area contributed by atoms with Gasteiger partial charge >= 0.3 is 5.97 Å². The van der Waals surface area contributed by atoms with Crippen molar-refractivity contribution in [3.8, 4) is 0 Å². The van der Waals surface area contributed by atoms with Crippen LogP contribution in [0.15, 0.2) is 0 Å². The standard InChI is InChI=1S/C20H34O2/c1-7-13(2)17(21)22-19(6)10-11-20-12-16(19)18(4,5)15(20)9-8-14(20)3/h13-16H,7-12H2,1-6H3/t13?,14-,15?,16+,19-,20+/m1/s1. The molecule has 0 aromatic carbocycles. The second-order valence-electron chi connectivity index (χ2n) is 9.39. The molecule has 0 radical (unpaired) electrons. The zero-order valence-electron chi connectivity index (χ0n) is 15.4. The predicted octanol–water partition coefficient (Wildman–Crippen LogP) is 5.21. The SMILES string of the molecule is CCC(C)C(=O)O[C@]1(C)CC[C@@]23C[C@H]1C(C)(C)C2CC[C@H]3C. The normalized spacial score (nSPS) is 47.1. The number of fused-ring (bicyclic) bond motifs is 1. The van der Waals surface area contributed by atoms with Crippen molar-refractivity contribution in [2.45, 2.75) is 85.7 Å². The van der Waals surface area contributed by atoms with E-state index in [-0.39, 0.29) is 17.5 Å². The highest BCUT2D eigenvalue weighted by Gasteiger charge is 2.68. The lowest BCUT2D eigenvalue weighted by Gasteiger charge is -2.47. The Hall–Kier alpha value is -0.530. The molecule has 2 heteroatoms. The number of hydrogen-bond acceptors (Lipinski definition) is 2. The highest BCUT2D eigenvalue weighted by Crippen LogP contribution is 2.73. The Balaban J connectivity index is 1.88. The van der Waals surface area contributed by atoms with E-state index in [4.69, 9.17) is 4.74 Å². The Morgan fingerprint density at radius 2 is 1.86 bits per heavy atom. The van der Waals surface area contributed by atoms with Crippen LogP contribution < -0.4 is 0 Å². The van der Waals surface area contributed by atoms with Crippen molar-refractivity contribution >= 4 is 5.97 Å². The molecule has 2 nitrogen and oxygen atoms in total. The third kappa shape index (κ3) is 2.01. The zero-order valence-corrected chi connectivity index (χ0v) is 15.4. The highest BCUT2D eigenvalue weighted by atomic mass is 16.6. The molecule has 6 atom stereocenters. The van der Waals surface area contributed by atoms with Crippen molar-refractivity contribution in [2.75, 3.05) is 0 Å². The summed E-state index contributed by atoms with van der Waals surface area (Å²) in [6, 6.07) is 0. The minimum absolute atomic E-state index is 0.0156. The van der Waals surface area contributed by atoms with E-state index in [1.807, 2.05) is 6.92 Å². The molecule has 0 aromatic rings. The van der Waals surface area contributed by atoms with Crippen LogP contribution in [0, 0.1) is 34.5 Å². The zero-order chi connectivity index (χ0) is 16.3. The molecule has 1 spiro atoms. The maximum Gasteiger partial charge on any atom is 0.309 e. The molecule has 126 valence electrons. The van der Waals surface area contributed by atoms with Crippen LogP contribution in [0.5, 0.6) is 0 Å². The lowest BCUT2D eigenvalue weighted by molar-refractivity contribution is -0.178. The molecule has 2 unspecified atom stereocenters. The van der Waals surface area contributed by atoms with E-state index in [1.54, 1.807) is 0 Å². The molecular weight excluding hydrogens is 272 g/mol. The van der Waals surface area contributed by atoms with Gasteiger partial charge in [0, 0.05) is 5.92 Å². The van der Waals surface area contributed by atoms with Crippen LogP contribution in [0.1, 0.15) is 80.1 Å². The number of hydrogen-bond donors (Lipinski definition) is 0. The van der Waals surface area contributed by atoms with Crippen LogP contribution in [-0.2, 0) is 9.53 Å². The fourth-order valence-electron chi connectivity index (χ4n) is 6.48. The van der Waals surface area contributed by atoms with E-state index in [2.05, 4.69) is 34.6 Å². The topological polar surface area (TPSA) is 26.3 Å². The summed E-state index contributed by atoms with van der Waals surface area (Å²) in [6.45, 7) is 13.6. The molecule has 0 aliphatic heterocycles. The van der Waals surface area contributed by atoms with E-state index in [9.17, 15) is 4.79 Å². The van der Waals surface area contributed by atoms with Gasteiger partial charge in [0.1, 0.15) is 5.60 Å². The minimum atomic E-state index is -0.251. The van der Waals surface area contributed by atoms with E-state index < -0.39 is 0 Å². The highest BCUT2D eigenvalue weighted by molar-refractivity contribution is 5.72. The summed E-state index contributed by atoms with van der Waals surface area (Å²) in [5.74, 6) is 2.23. The van der Waals surface area contributed by atoms with Gasteiger partial charge in [0.15, 0.2) is 0 Å². The fourth-order valence-corrected chi connectivity index (χ4v) is 6.48. The van der Waals surface area contributed by atoms with Gasteiger partial charge in [-0.1, -0.05) is 34.6 Å². The summed E-state index contributed by atoms with van der Waals surface area (Å²) in [5, 5.41) is 0. The lowest BCUT2D eigenvalue weighted by atomic mass is 9.64. The van der Waals surface area contributed by atoms with Crippen LogP contribution in [-0.4, -0.2) is 11.6 Å². The first-order valence-electron chi connectivity index (χ1n) is 9.40. The Morgan fingerprint density at radius 3 is 2.50 bits per heavy atom. The molecule has 3 fully saturated rings. The monoisotopic (exact) mass is 306 g/mol. The molecular formula is C20H34O2. The smallest absolute Gasteiger partial charge is 0.309 e. The second kappa shape index (κ2) is 4.98. The Morgan fingerprint density at radius 1 is 1.18 bits per heavy atom. The van der Waals surface area contributed by atoms with Crippen LogP contribution in [0.25, 0.3) is 0 Å². The molecule has 3 saturated carbocycles. The average molecular weight is 306 g/mol. The Kier molecular flexibility index (Phi) is 3.70. The molecule has 3 aliphatic carbocycles. The second-order valence-corrected chi connectivity index (χ2v) is 9.39. The summed E-state index contributed by atoms with van der Waals surface area (Å²) in [4.78, 5) is 12.4. The largest absolute Gasteiger partial charge is 0.459 e. The van der Waals surface area contributed by atoms with Gasteiger partial charge in [0.2, 0.25) is 0 Å². The van der Waals surface area contributed by atoms with Crippen LogP contribution in [0.4, 0.5) is 0 Å². The first kappa shape index (κ1) is 16.3. The first-order chi connectivity index (χ1) is 10.2. The third-order valence-corrected chi connectivity index (χ3v) is 8.12. The van der Waals surface area contributed by atoms with Crippen LogP contribution in [0.3, 0.4) is 0 Å². The van der Waals surface area contributed by atoms with Crippen molar-refractivity contribution in [1.82, 2.24) is 0 Å². The first-order valence-corrected chi connectivity index (χ1v) is 9.40. The van der Waals surface area contributed by atoms with E-state index in [1.165, 1.54) is 25.7 Å². The summed E-state index contributed by atoms with van der Waals surface area (Å²) < 4.78 is 6.16. The van der Waals surface area contributed by atoms with Gasteiger partial charge in [-0.05, 0) is 68.1 Å². The summed E-state index contributed by atoms with van der Waals surface area (Å²) in [5.41, 5.74) is 0.585. The van der Waals surface area contributed by atoms with Crippen molar-refractivity contribution in [3.05, 3.63) is 0 Å². The van der Waals surface area contributed by atoms with Gasteiger partial charge in [-0.25, -0.2) is 0 Å². The van der Waals surface area contributed by atoms with E-state index >= 15 is 0 Å². The minimum Gasteiger partial charge on any atom is -0.459 e. The average Bonchev–Trinajstić information content (AvgIpc) is 2.88. The number of carbonyl (C=O) groups excluding carboxylic acids is 1. The fraction of sp³-hybridized carbons (Fsp3) is 0.950. The van der Waals surface area contributed by atoms with Crippen molar-refractivity contribution in [2.24, 2.45) is 34.5 Å². The molecule has 2 bridgehead atoms. The molecule has 0 heterocycles. The Bertz CT molecular complexity index is 468. The van der Waals surface area contributed by atoms with Gasteiger partial charge in [0.25, 0.3) is 0 Å². The van der Waals surface area contributed by atoms with E-state index in [0.717, 1.165) is 24.7 Å². The molecule has 3 rings (SSSR count). The molecule has 0 amide bonds. The van der Waals surface area contributed by atoms with Crippen molar-refractivity contribution in [1.29, 1.82) is 0 Å². The number of esters is 1. The summed E-state index contributed by atoms with van der Waals surface area (Å²) in [7, 11) is 0. The van der Waals surface area contributed by atoms with Crippen LogP contribution >= 0.6 is 0 Å². The quantitative estimate of drug-likeness (QED) is 0.669. The molecule has 0 N–H and O–H groups in total. The maximum absolute atomic E-state index is 12.4. The third-order valence-electron chi connectivity index (χ3n) is 8.12. The maximum atomic E-state index is 12.4. The lowest BCUT2D eigenvalue weighted by Crippen LogP contribution is -2.48. The van der Waals surface area contributed by atoms with Gasteiger partial charge in [-0.15, -0.1) is 0 Å². The van der Waals surface area contributed by atoms with Crippen LogP contribution in [0.2, 0.25) is 0 Å². The predicted molar refractivity (Wildman–Crippen MR) is 89.4 cm³/mol. The van der Waals surface area contributed by atoms with Gasteiger partial charge in [-0.2, -0.15) is 0 Å². The number of carbonyl (C=O) groups is 1. The Labute approximate surface area is 136 Å². The van der Waals surface area contributed by atoms with E-state index in [0.29, 0.717) is 16.7 Å². The van der Waals surface area contributed by atoms with Gasteiger partial charge in [-0.3, -0.25) is 4.79 Å². The van der Waals surface area contributed by atoms with Crippen molar-refractivity contribution in [3.63, 3.8) is 0 Å². The van der Waals surface area contributed by atoms with Crippen molar-refractivity contribution < 1.29 is 9.53 Å². The summed E-state index contributed by atoms with van der Waals surface area (Å²) in [6.07, 6.45) is 7.22.